The van der Waals surface area contributed by atoms with Crippen molar-refractivity contribution in [2.24, 2.45) is 0 Å². The van der Waals surface area contributed by atoms with Crippen molar-refractivity contribution in [3.05, 3.63) is 54.1 Å². The van der Waals surface area contributed by atoms with Crippen LogP contribution in [0.1, 0.15) is 10.4 Å². The lowest BCUT2D eigenvalue weighted by Crippen LogP contribution is -2.17. The van der Waals surface area contributed by atoms with Gasteiger partial charge >= 0.3 is 0 Å². The van der Waals surface area contributed by atoms with E-state index in [-0.39, 0.29) is 11.9 Å². The first-order chi connectivity index (χ1) is 12.1. The normalized spacial score (nSPS) is 10.3. The first kappa shape index (κ1) is 16.3. The van der Waals surface area contributed by atoms with Gasteiger partial charge in [-0.1, -0.05) is 12.1 Å². The van der Waals surface area contributed by atoms with Gasteiger partial charge in [0, 0.05) is 12.6 Å². The molecule has 25 heavy (non-hydrogen) atoms. The van der Waals surface area contributed by atoms with E-state index in [0.29, 0.717) is 22.9 Å². The molecule has 1 aromatic heterocycles. The van der Waals surface area contributed by atoms with Crippen LogP contribution in [0.15, 0.2) is 48.5 Å². The lowest BCUT2D eigenvalue weighted by atomic mass is 10.2. The Bertz CT molecular complexity index is 888. The molecular formula is C17H18N6O2. The lowest BCUT2D eigenvalue weighted by molar-refractivity contribution is 0.0963. The SMILES string of the molecule is CNC(=O)c1ccc(-n2nc(Nc3ccccc3OC)nc2N)cc1. The van der Waals surface area contributed by atoms with Gasteiger partial charge < -0.3 is 21.1 Å². The fourth-order valence-corrected chi connectivity index (χ4v) is 2.33. The second kappa shape index (κ2) is 6.91. The molecule has 8 heteroatoms. The number of anilines is 3. The maximum atomic E-state index is 11.6. The van der Waals surface area contributed by atoms with Crippen LogP contribution in [-0.2, 0) is 0 Å². The van der Waals surface area contributed by atoms with Crippen LogP contribution in [0, 0.1) is 0 Å². The molecule has 1 amide bonds. The summed E-state index contributed by atoms with van der Waals surface area (Å²) < 4.78 is 6.78. The number of amides is 1. The van der Waals surface area contributed by atoms with Crippen molar-refractivity contribution in [3.63, 3.8) is 0 Å². The van der Waals surface area contributed by atoms with Gasteiger partial charge in [-0.15, -0.1) is 5.10 Å². The number of nitrogen functional groups attached to an aromatic ring is 1. The third-order valence-corrected chi connectivity index (χ3v) is 3.59. The van der Waals surface area contributed by atoms with Crippen LogP contribution < -0.4 is 21.1 Å². The number of nitrogens with two attached hydrogens (primary N) is 1. The van der Waals surface area contributed by atoms with Crippen LogP contribution in [0.2, 0.25) is 0 Å². The van der Waals surface area contributed by atoms with E-state index in [0.717, 1.165) is 5.69 Å². The number of hydrogen-bond acceptors (Lipinski definition) is 6. The highest BCUT2D eigenvalue weighted by molar-refractivity contribution is 5.94. The fourth-order valence-electron chi connectivity index (χ4n) is 2.33. The van der Waals surface area contributed by atoms with E-state index in [1.54, 1.807) is 38.4 Å². The molecule has 8 nitrogen and oxygen atoms in total. The van der Waals surface area contributed by atoms with Gasteiger partial charge in [-0.05, 0) is 36.4 Å². The smallest absolute Gasteiger partial charge is 0.251 e. The molecule has 0 aliphatic rings. The summed E-state index contributed by atoms with van der Waals surface area (Å²) in [6, 6.07) is 14.3. The molecule has 4 N–H and O–H groups in total. The third-order valence-electron chi connectivity index (χ3n) is 3.59. The number of aromatic nitrogens is 3. The van der Waals surface area contributed by atoms with E-state index in [1.165, 1.54) is 4.68 Å². The van der Waals surface area contributed by atoms with Gasteiger partial charge in [-0.2, -0.15) is 9.67 Å². The van der Waals surface area contributed by atoms with Crippen molar-refractivity contribution in [3.8, 4) is 11.4 Å². The zero-order valence-electron chi connectivity index (χ0n) is 13.9. The minimum atomic E-state index is -0.156. The molecule has 0 saturated heterocycles. The molecule has 1 heterocycles. The molecule has 0 unspecified atom stereocenters. The molecule has 2 aromatic carbocycles. The number of carbonyl (C=O) groups excluding carboxylic acids is 1. The van der Waals surface area contributed by atoms with Gasteiger partial charge in [0.05, 0.1) is 18.5 Å². The van der Waals surface area contributed by atoms with Gasteiger partial charge in [0.1, 0.15) is 5.75 Å². The summed E-state index contributed by atoms with van der Waals surface area (Å²) in [4.78, 5) is 15.8. The Kier molecular flexibility index (Phi) is 4.51. The Labute approximate surface area is 144 Å². The fraction of sp³-hybridized carbons (Fsp3) is 0.118. The van der Waals surface area contributed by atoms with Crippen LogP contribution in [-0.4, -0.2) is 34.8 Å². The molecule has 3 rings (SSSR count). The van der Waals surface area contributed by atoms with Gasteiger partial charge in [-0.3, -0.25) is 4.79 Å². The Morgan fingerprint density at radius 1 is 1.16 bits per heavy atom. The van der Waals surface area contributed by atoms with Crippen LogP contribution in [0.25, 0.3) is 5.69 Å². The monoisotopic (exact) mass is 338 g/mol. The molecule has 3 aromatic rings. The highest BCUT2D eigenvalue weighted by Crippen LogP contribution is 2.26. The molecular weight excluding hydrogens is 320 g/mol. The standard InChI is InChI=1S/C17H18N6O2/c1-19-15(24)11-7-9-12(10-8-11)23-16(18)21-17(22-23)20-13-5-3-4-6-14(13)25-2/h3-10H,1-2H3,(H,19,24)(H3,18,20,21,22). The van der Waals surface area contributed by atoms with Crippen LogP contribution in [0.5, 0.6) is 5.75 Å². The number of carbonyl (C=O) groups is 1. The second-order valence-electron chi connectivity index (χ2n) is 5.16. The Morgan fingerprint density at radius 3 is 2.56 bits per heavy atom. The number of rotatable bonds is 5. The van der Waals surface area contributed by atoms with Crippen LogP contribution in [0.3, 0.4) is 0 Å². The van der Waals surface area contributed by atoms with E-state index in [9.17, 15) is 4.79 Å². The summed E-state index contributed by atoms with van der Waals surface area (Å²) in [5, 5.41) is 10.0. The van der Waals surface area contributed by atoms with Crippen molar-refractivity contribution in [2.45, 2.75) is 0 Å². The lowest BCUT2D eigenvalue weighted by Gasteiger charge is -2.07. The van der Waals surface area contributed by atoms with Crippen molar-refractivity contribution >= 4 is 23.5 Å². The quantitative estimate of drug-likeness (QED) is 0.656. The number of nitrogens with one attached hydrogen (secondary N) is 2. The number of methoxy groups -OCH3 is 1. The van der Waals surface area contributed by atoms with Crippen LogP contribution >= 0.6 is 0 Å². The molecule has 0 spiro atoms. The molecule has 0 aliphatic heterocycles. The predicted octanol–water partition coefficient (Wildman–Crippen LogP) is 1.96. The zero-order chi connectivity index (χ0) is 17.8. The van der Waals surface area contributed by atoms with Gasteiger partial charge in [-0.25, -0.2) is 0 Å². The summed E-state index contributed by atoms with van der Waals surface area (Å²) in [6.07, 6.45) is 0. The zero-order valence-corrected chi connectivity index (χ0v) is 13.9. The van der Waals surface area contributed by atoms with Crippen molar-refractivity contribution in [1.29, 1.82) is 0 Å². The number of nitrogens with zero attached hydrogens (tertiary/aromatic N) is 3. The average molecular weight is 338 g/mol. The number of benzene rings is 2. The topological polar surface area (TPSA) is 107 Å². The van der Waals surface area contributed by atoms with E-state index in [4.69, 9.17) is 10.5 Å². The van der Waals surface area contributed by atoms with Gasteiger partial charge in [0.15, 0.2) is 0 Å². The highest BCUT2D eigenvalue weighted by atomic mass is 16.5. The summed E-state index contributed by atoms with van der Waals surface area (Å²) >= 11 is 0. The predicted molar refractivity (Wildman–Crippen MR) is 95.4 cm³/mol. The van der Waals surface area contributed by atoms with E-state index in [1.807, 2.05) is 24.3 Å². The van der Waals surface area contributed by atoms with Crippen molar-refractivity contribution in [2.75, 3.05) is 25.2 Å². The summed E-state index contributed by atoms with van der Waals surface area (Å²) in [7, 11) is 3.18. The molecule has 0 radical (unpaired) electrons. The number of ether oxygens (including phenoxy) is 1. The second-order valence-corrected chi connectivity index (χ2v) is 5.16. The Balaban J connectivity index is 1.86. The maximum Gasteiger partial charge on any atom is 0.251 e. The summed E-state index contributed by atoms with van der Waals surface area (Å²) in [5.41, 5.74) is 7.95. The minimum absolute atomic E-state index is 0.156. The van der Waals surface area contributed by atoms with Gasteiger partial charge in [0.25, 0.3) is 5.91 Å². The molecule has 0 bridgehead atoms. The summed E-state index contributed by atoms with van der Waals surface area (Å²) in [5.74, 6) is 1.09. The largest absolute Gasteiger partial charge is 0.495 e. The Hall–Kier alpha value is -3.55. The maximum absolute atomic E-state index is 11.6. The highest BCUT2D eigenvalue weighted by Gasteiger charge is 2.11. The van der Waals surface area contributed by atoms with Crippen LogP contribution in [0.4, 0.5) is 17.6 Å². The van der Waals surface area contributed by atoms with Crippen molar-refractivity contribution in [1.82, 2.24) is 20.1 Å². The average Bonchev–Trinajstić information content (AvgIpc) is 3.01. The molecule has 0 fully saturated rings. The Morgan fingerprint density at radius 2 is 1.88 bits per heavy atom. The molecule has 128 valence electrons. The summed E-state index contributed by atoms with van der Waals surface area (Å²) in [6.45, 7) is 0. The minimum Gasteiger partial charge on any atom is -0.495 e. The molecule has 0 saturated carbocycles. The van der Waals surface area contributed by atoms with E-state index in [2.05, 4.69) is 20.7 Å². The molecule has 0 atom stereocenters. The van der Waals surface area contributed by atoms with Crippen molar-refractivity contribution < 1.29 is 9.53 Å². The number of para-hydroxylation sites is 2. The first-order valence-electron chi connectivity index (χ1n) is 7.57. The first-order valence-corrected chi connectivity index (χ1v) is 7.57. The van der Waals surface area contributed by atoms with Gasteiger partial charge in [0.2, 0.25) is 11.9 Å². The number of hydrogen-bond donors (Lipinski definition) is 3. The third kappa shape index (κ3) is 3.37. The van der Waals surface area contributed by atoms with E-state index < -0.39 is 0 Å². The molecule has 0 aliphatic carbocycles. The van der Waals surface area contributed by atoms with E-state index >= 15 is 0 Å².